The number of rotatable bonds is 2. The van der Waals surface area contributed by atoms with Crippen LogP contribution in [0.2, 0.25) is 18.6 Å². The molecule has 0 rings (SSSR count). The first-order chi connectivity index (χ1) is 3.12. The average molecular weight is 124 g/mol. The summed E-state index contributed by atoms with van der Waals surface area (Å²) in [6.45, 7) is 5.86. The Morgan fingerprint density at radius 2 is 1.50 bits per heavy atom. The molecule has 0 radical (unpaired) electrons. The van der Waals surface area contributed by atoms with Gasteiger partial charge in [-0.25, -0.2) is 0 Å². The molecule has 0 bridgehead atoms. The SMILES string of the molecule is CC[Si](C)([O-])CC.[Li+]. The van der Waals surface area contributed by atoms with Crippen LogP contribution in [-0.2, 0) is 0 Å². The molecule has 0 aliphatic heterocycles. The van der Waals surface area contributed by atoms with Crippen molar-refractivity contribution in [2.24, 2.45) is 0 Å². The van der Waals surface area contributed by atoms with Gasteiger partial charge in [0.05, 0.1) is 0 Å². The van der Waals surface area contributed by atoms with Crippen LogP contribution in [0.1, 0.15) is 13.8 Å². The number of hydrogen-bond donors (Lipinski definition) is 0. The van der Waals surface area contributed by atoms with Crippen molar-refractivity contribution in [1.29, 1.82) is 0 Å². The van der Waals surface area contributed by atoms with Crippen molar-refractivity contribution >= 4 is 8.32 Å². The molecular formula is C5H13LiOSi. The van der Waals surface area contributed by atoms with Gasteiger partial charge in [-0.1, -0.05) is 40.8 Å². The minimum Gasteiger partial charge on any atom is -0.858 e. The van der Waals surface area contributed by atoms with Crippen molar-refractivity contribution in [3.63, 3.8) is 0 Å². The van der Waals surface area contributed by atoms with Crippen molar-refractivity contribution in [2.45, 2.75) is 32.5 Å². The monoisotopic (exact) mass is 124 g/mol. The third-order valence-corrected chi connectivity index (χ3v) is 4.49. The molecule has 0 unspecified atom stereocenters. The van der Waals surface area contributed by atoms with E-state index in [0.29, 0.717) is 0 Å². The van der Waals surface area contributed by atoms with E-state index in [0.717, 1.165) is 12.1 Å². The molecule has 3 heteroatoms. The topological polar surface area (TPSA) is 23.1 Å². The van der Waals surface area contributed by atoms with Gasteiger partial charge in [-0.2, -0.15) is 0 Å². The summed E-state index contributed by atoms with van der Waals surface area (Å²) < 4.78 is 0. The molecule has 0 aromatic carbocycles. The first-order valence-electron chi connectivity index (χ1n) is 2.83. The van der Waals surface area contributed by atoms with Gasteiger partial charge < -0.3 is 4.80 Å². The predicted molar refractivity (Wildman–Crippen MR) is 32.6 cm³/mol. The smallest absolute Gasteiger partial charge is 0.858 e. The van der Waals surface area contributed by atoms with Crippen LogP contribution in [0.3, 0.4) is 0 Å². The Kier molecular flexibility index (Phi) is 6.69. The van der Waals surface area contributed by atoms with Gasteiger partial charge in [0.15, 0.2) is 0 Å². The summed E-state index contributed by atoms with van der Waals surface area (Å²) in [5.74, 6) is 0. The van der Waals surface area contributed by atoms with Crippen molar-refractivity contribution < 1.29 is 23.7 Å². The summed E-state index contributed by atoms with van der Waals surface area (Å²) >= 11 is 0. The fourth-order valence-corrected chi connectivity index (χ4v) is 0.750. The van der Waals surface area contributed by atoms with Crippen LogP contribution in [0.25, 0.3) is 0 Å². The van der Waals surface area contributed by atoms with E-state index in [1.807, 2.05) is 20.4 Å². The van der Waals surface area contributed by atoms with E-state index in [1.54, 1.807) is 0 Å². The Bertz CT molecular complexity index is 50.4. The second-order valence-electron chi connectivity index (χ2n) is 2.16. The fourth-order valence-electron chi connectivity index (χ4n) is 0.250. The van der Waals surface area contributed by atoms with Crippen molar-refractivity contribution in [3.8, 4) is 0 Å². The molecule has 0 aliphatic rings. The molecule has 1 nitrogen and oxygen atoms in total. The Labute approximate surface area is 64.8 Å². The maximum absolute atomic E-state index is 11.0. The zero-order valence-corrected chi connectivity index (χ0v) is 7.32. The minimum atomic E-state index is -1.90. The summed E-state index contributed by atoms with van der Waals surface area (Å²) in [6.07, 6.45) is 0. The second-order valence-corrected chi connectivity index (χ2v) is 6.47. The van der Waals surface area contributed by atoms with E-state index in [9.17, 15) is 4.80 Å². The van der Waals surface area contributed by atoms with Gasteiger partial charge in [0.25, 0.3) is 0 Å². The van der Waals surface area contributed by atoms with E-state index in [2.05, 4.69) is 0 Å². The standard InChI is InChI=1S/C5H13OSi.Li/c1-4-7(3,6)5-2;/h4-5H2,1-3H3;/q-1;+1. The first kappa shape index (κ1) is 11.6. The minimum absolute atomic E-state index is 0. The molecule has 0 saturated carbocycles. The predicted octanol–water partition coefficient (Wildman–Crippen LogP) is -2.03. The van der Waals surface area contributed by atoms with E-state index in [-0.39, 0.29) is 18.9 Å². The fraction of sp³-hybridized carbons (Fsp3) is 1.00. The van der Waals surface area contributed by atoms with Gasteiger partial charge in [-0.05, 0) is 0 Å². The van der Waals surface area contributed by atoms with Crippen LogP contribution in [0, 0.1) is 0 Å². The molecular weight excluding hydrogens is 111 g/mol. The molecule has 0 atom stereocenters. The molecule has 0 N–H and O–H groups in total. The Morgan fingerprint density at radius 3 is 1.50 bits per heavy atom. The molecule has 0 heterocycles. The van der Waals surface area contributed by atoms with Crippen LogP contribution in [0.15, 0.2) is 0 Å². The van der Waals surface area contributed by atoms with Gasteiger partial charge in [0, 0.05) is 0 Å². The van der Waals surface area contributed by atoms with Crippen molar-refractivity contribution in [2.75, 3.05) is 0 Å². The zero-order valence-electron chi connectivity index (χ0n) is 6.32. The summed E-state index contributed by atoms with van der Waals surface area (Å²) in [5, 5.41) is 0. The Balaban J connectivity index is 0. The van der Waals surface area contributed by atoms with Gasteiger partial charge >= 0.3 is 18.9 Å². The summed E-state index contributed by atoms with van der Waals surface area (Å²) in [4.78, 5) is 11.0. The van der Waals surface area contributed by atoms with Crippen LogP contribution in [0.4, 0.5) is 0 Å². The molecule has 0 fully saturated rings. The normalized spacial score (nSPS) is 10.5. The van der Waals surface area contributed by atoms with E-state index in [4.69, 9.17) is 0 Å². The molecule has 0 aliphatic carbocycles. The Morgan fingerprint density at radius 1 is 1.25 bits per heavy atom. The third-order valence-electron chi connectivity index (χ3n) is 1.50. The number of hydrogen-bond acceptors (Lipinski definition) is 1. The van der Waals surface area contributed by atoms with Gasteiger partial charge in [0.2, 0.25) is 0 Å². The quantitative estimate of drug-likeness (QED) is 0.389. The van der Waals surface area contributed by atoms with Gasteiger partial charge in [0.1, 0.15) is 0 Å². The maximum Gasteiger partial charge on any atom is 1.00 e. The average Bonchev–Trinajstić information content (AvgIpc) is 1.68. The molecule has 0 aromatic rings. The van der Waals surface area contributed by atoms with Crippen LogP contribution in [0.5, 0.6) is 0 Å². The molecule has 0 aromatic heterocycles. The van der Waals surface area contributed by atoms with Crippen LogP contribution < -0.4 is 23.7 Å². The third kappa shape index (κ3) is 4.92. The summed E-state index contributed by atoms with van der Waals surface area (Å²) in [6, 6.07) is 1.76. The molecule has 0 amide bonds. The van der Waals surface area contributed by atoms with Crippen LogP contribution >= 0.6 is 0 Å². The maximum atomic E-state index is 11.0. The zero-order chi connectivity index (χ0) is 5.91. The Hall–Kier alpha value is 0.774. The van der Waals surface area contributed by atoms with E-state index < -0.39 is 8.32 Å². The van der Waals surface area contributed by atoms with Gasteiger partial charge in [-0.15, -0.1) is 0 Å². The molecule has 8 heavy (non-hydrogen) atoms. The second kappa shape index (κ2) is 4.63. The van der Waals surface area contributed by atoms with E-state index >= 15 is 0 Å². The van der Waals surface area contributed by atoms with Crippen LogP contribution in [-0.4, -0.2) is 8.32 Å². The molecule has 0 spiro atoms. The van der Waals surface area contributed by atoms with Crippen molar-refractivity contribution in [1.82, 2.24) is 0 Å². The van der Waals surface area contributed by atoms with Gasteiger partial charge in [-0.3, -0.25) is 0 Å². The van der Waals surface area contributed by atoms with Crippen molar-refractivity contribution in [3.05, 3.63) is 0 Å². The molecule has 44 valence electrons. The summed E-state index contributed by atoms with van der Waals surface area (Å²) in [5.41, 5.74) is 0. The largest absolute Gasteiger partial charge is 1.00 e. The van der Waals surface area contributed by atoms with E-state index in [1.165, 1.54) is 0 Å². The molecule has 0 saturated heterocycles. The first-order valence-corrected chi connectivity index (χ1v) is 5.65. The summed E-state index contributed by atoms with van der Waals surface area (Å²) in [7, 11) is -1.90.